The van der Waals surface area contributed by atoms with E-state index in [1.54, 1.807) is 6.07 Å². The first-order valence-corrected chi connectivity index (χ1v) is 10.1. The van der Waals surface area contributed by atoms with Gasteiger partial charge in [0.1, 0.15) is 0 Å². The summed E-state index contributed by atoms with van der Waals surface area (Å²) in [5, 5.41) is 3.10. The summed E-state index contributed by atoms with van der Waals surface area (Å²) in [7, 11) is 0. The second-order valence-electron chi connectivity index (χ2n) is 8.09. The molecule has 0 aromatic heterocycles. The van der Waals surface area contributed by atoms with Gasteiger partial charge in [-0.1, -0.05) is 36.4 Å². The first-order valence-electron chi connectivity index (χ1n) is 10.1. The maximum absolute atomic E-state index is 12.9. The van der Waals surface area contributed by atoms with E-state index in [0.717, 1.165) is 25.0 Å². The van der Waals surface area contributed by atoms with Crippen LogP contribution < -0.4 is 5.32 Å². The van der Waals surface area contributed by atoms with Gasteiger partial charge in [-0.25, -0.2) is 0 Å². The largest absolute Gasteiger partial charge is 0.416 e. The Morgan fingerprint density at radius 3 is 2.43 bits per heavy atom. The van der Waals surface area contributed by atoms with Crippen molar-refractivity contribution in [1.29, 1.82) is 0 Å². The van der Waals surface area contributed by atoms with E-state index in [9.17, 15) is 22.8 Å². The SMILES string of the molecule is O=C(NC1Cc2ccccc2C1)[C@@H]1CCC(=O)N(Cc2cccc(C(F)(F)F)c2)C1. The molecule has 2 aliphatic rings. The van der Waals surface area contributed by atoms with Crippen molar-refractivity contribution in [3.05, 3.63) is 70.8 Å². The van der Waals surface area contributed by atoms with E-state index >= 15 is 0 Å². The third-order valence-electron chi connectivity index (χ3n) is 5.90. The van der Waals surface area contributed by atoms with Gasteiger partial charge in [-0.3, -0.25) is 9.59 Å². The molecule has 0 spiro atoms. The molecule has 7 heteroatoms. The number of carbonyl (C=O) groups excluding carboxylic acids is 2. The van der Waals surface area contributed by atoms with E-state index in [1.807, 2.05) is 12.1 Å². The minimum atomic E-state index is -4.43. The summed E-state index contributed by atoms with van der Waals surface area (Å²) in [5.41, 5.74) is 2.16. The zero-order valence-corrected chi connectivity index (χ0v) is 16.4. The van der Waals surface area contributed by atoms with Crippen LogP contribution in [-0.2, 0) is 35.2 Å². The lowest BCUT2D eigenvalue weighted by molar-refractivity contribution is -0.139. The zero-order valence-electron chi connectivity index (χ0n) is 16.4. The summed E-state index contributed by atoms with van der Waals surface area (Å²) in [4.78, 5) is 26.6. The molecule has 1 aliphatic heterocycles. The molecule has 30 heavy (non-hydrogen) atoms. The maximum atomic E-state index is 12.9. The van der Waals surface area contributed by atoms with Gasteiger partial charge in [-0.05, 0) is 48.1 Å². The molecular weight excluding hydrogens is 393 g/mol. The smallest absolute Gasteiger partial charge is 0.352 e. The van der Waals surface area contributed by atoms with Gasteiger partial charge in [0, 0.05) is 25.6 Å². The number of nitrogens with one attached hydrogen (secondary N) is 1. The fourth-order valence-corrected chi connectivity index (χ4v) is 4.33. The van der Waals surface area contributed by atoms with Crippen molar-refractivity contribution in [1.82, 2.24) is 10.2 Å². The molecule has 4 nitrogen and oxygen atoms in total. The first-order chi connectivity index (χ1) is 14.3. The lowest BCUT2D eigenvalue weighted by Gasteiger charge is -2.32. The van der Waals surface area contributed by atoms with Crippen LogP contribution in [0.2, 0.25) is 0 Å². The van der Waals surface area contributed by atoms with Crippen LogP contribution in [0.3, 0.4) is 0 Å². The van der Waals surface area contributed by atoms with Crippen LogP contribution in [0.1, 0.15) is 35.1 Å². The number of nitrogens with zero attached hydrogens (tertiary/aromatic N) is 1. The Bertz CT molecular complexity index is 932. The molecule has 0 bridgehead atoms. The maximum Gasteiger partial charge on any atom is 0.416 e. The number of amides is 2. The number of likely N-dealkylation sites (tertiary alicyclic amines) is 1. The van der Waals surface area contributed by atoms with E-state index in [1.165, 1.54) is 22.1 Å². The standard InChI is InChI=1S/C23H23F3N2O2/c24-23(25,26)19-7-3-4-15(10-19)13-28-14-18(8-9-21(28)29)22(30)27-20-11-16-5-1-2-6-17(16)12-20/h1-7,10,18,20H,8-9,11-14H2,(H,27,30)/t18-/m1/s1. The van der Waals surface area contributed by atoms with Gasteiger partial charge < -0.3 is 10.2 Å². The van der Waals surface area contributed by atoms with Crippen molar-refractivity contribution >= 4 is 11.8 Å². The number of carbonyl (C=O) groups is 2. The molecule has 2 aromatic rings. The molecule has 1 N–H and O–H groups in total. The van der Waals surface area contributed by atoms with Crippen LogP contribution in [0.15, 0.2) is 48.5 Å². The number of fused-ring (bicyclic) bond motifs is 1. The number of benzene rings is 2. The highest BCUT2D eigenvalue weighted by Gasteiger charge is 2.33. The first kappa shape index (κ1) is 20.4. The van der Waals surface area contributed by atoms with Crippen LogP contribution in [0.4, 0.5) is 13.2 Å². The Morgan fingerprint density at radius 2 is 1.77 bits per heavy atom. The van der Waals surface area contributed by atoms with Crippen LogP contribution in [0, 0.1) is 5.92 Å². The van der Waals surface area contributed by atoms with Gasteiger partial charge in [-0.2, -0.15) is 13.2 Å². The summed E-state index contributed by atoms with van der Waals surface area (Å²) in [6, 6.07) is 13.1. The number of hydrogen-bond acceptors (Lipinski definition) is 2. The fourth-order valence-electron chi connectivity index (χ4n) is 4.33. The van der Waals surface area contributed by atoms with Gasteiger partial charge in [-0.15, -0.1) is 0 Å². The lowest BCUT2D eigenvalue weighted by Crippen LogP contribution is -2.47. The summed E-state index contributed by atoms with van der Waals surface area (Å²) < 4.78 is 38.8. The second kappa shape index (κ2) is 8.13. The zero-order chi connectivity index (χ0) is 21.3. The van der Waals surface area contributed by atoms with Gasteiger partial charge in [0.25, 0.3) is 0 Å². The molecule has 4 rings (SSSR count). The topological polar surface area (TPSA) is 49.4 Å². The molecule has 2 amide bonds. The molecule has 158 valence electrons. The van der Waals surface area contributed by atoms with E-state index < -0.39 is 11.7 Å². The van der Waals surface area contributed by atoms with Crippen molar-refractivity contribution in [3.8, 4) is 0 Å². The molecule has 1 heterocycles. The van der Waals surface area contributed by atoms with E-state index in [0.29, 0.717) is 12.0 Å². The van der Waals surface area contributed by atoms with Crippen LogP contribution in [0.25, 0.3) is 0 Å². The number of rotatable bonds is 4. The van der Waals surface area contributed by atoms with E-state index in [2.05, 4.69) is 17.4 Å². The van der Waals surface area contributed by atoms with Crippen molar-refractivity contribution in [3.63, 3.8) is 0 Å². The van der Waals surface area contributed by atoms with Gasteiger partial charge in [0.15, 0.2) is 0 Å². The lowest BCUT2D eigenvalue weighted by atomic mass is 9.95. The summed E-state index contributed by atoms with van der Waals surface area (Å²) in [5.74, 6) is -0.573. The summed E-state index contributed by atoms with van der Waals surface area (Å²) >= 11 is 0. The van der Waals surface area contributed by atoms with Crippen LogP contribution >= 0.6 is 0 Å². The van der Waals surface area contributed by atoms with Crippen molar-refractivity contribution in [2.24, 2.45) is 5.92 Å². The number of halogens is 3. The molecule has 0 saturated carbocycles. The molecule has 1 saturated heterocycles. The molecule has 0 unspecified atom stereocenters. The third-order valence-corrected chi connectivity index (χ3v) is 5.90. The second-order valence-corrected chi connectivity index (χ2v) is 8.09. The molecule has 1 fully saturated rings. The Labute approximate surface area is 173 Å². The highest BCUT2D eigenvalue weighted by atomic mass is 19.4. The van der Waals surface area contributed by atoms with E-state index in [4.69, 9.17) is 0 Å². The average molecular weight is 416 g/mol. The Hall–Kier alpha value is -2.83. The molecule has 0 radical (unpaired) electrons. The molecule has 1 aliphatic carbocycles. The third kappa shape index (κ3) is 4.50. The van der Waals surface area contributed by atoms with Crippen molar-refractivity contribution in [2.75, 3.05) is 6.54 Å². The predicted octanol–water partition coefficient (Wildman–Crippen LogP) is 3.73. The highest BCUT2D eigenvalue weighted by Crippen LogP contribution is 2.30. The summed E-state index contributed by atoms with van der Waals surface area (Å²) in [6.45, 7) is 0.294. The van der Waals surface area contributed by atoms with Crippen molar-refractivity contribution < 1.29 is 22.8 Å². The van der Waals surface area contributed by atoms with Crippen LogP contribution in [0.5, 0.6) is 0 Å². The van der Waals surface area contributed by atoms with Crippen molar-refractivity contribution in [2.45, 2.75) is 44.4 Å². The minimum absolute atomic E-state index is 0.0458. The minimum Gasteiger partial charge on any atom is -0.352 e. The number of piperidine rings is 1. The highest BCUT2D eigenvalue weighted by molar-refractivity contribution is 5.84. The molecular formula is C23H23F3N2O2. The number of alkyl halides is 3. The van der Waals surface area contributed by atoms with Gasteiger partial charge >= 0.3 is 6.18 Å². The monoisotopic (exact) mass is 416 g/mol. The summed E-state index contributed by atoms with van der Waals surface area (Å²) in [6.07, 6.45) is -2.16. The van der Waals surface area contributed by atoms with Gasteiger partial charge in [0.05, 0.1) is 11.5 Å². The molecule has 1 atom stereocenters. The normalized spacial score (nSPS) is 19.6. The van der Waals surface area contributed by atoms with Crippen LogP contribution in [-0.4, -0.2) is 29.3 Å². The quantitative estimate of drug-likeness (QED) is 0.826. The fraction of sp³-hybridized carbons (Fsp3) is 0.391. The Balaban J connectivity index is 1.38. The van der Waals surface area contributed by atoms with E-state index in [-0.39, 0.29) is 43.3 Å². The Kier molecular flexibility index (Phi) is 5.54. The van der Waals surface area contributed by atoms with Gasteiger partial charge in [0.2, 0.25) is 11.8 Å². The molecule has 2 aromatic carbocycles. The Morgan fingerprint density at radius 1 is 1.07 bits per heavy atom. The number of hydrogen-bond donors (Lipinski definition) is 1. The average Bonchev–Trinajstić information content (AvgIpc) is 3.11. The predicted molar refractivity (Wildman–Crippen MR) is 105 cm³/mol.